The second-order valence-corrected chi connectivity index (χ2v) is 4.42. The lowest BCUT2D eigenvalue weighted by atomic mass is 9.95. The van der Waals surface area contributed by atoms with Crippen LogP contribution >= 0.6 is 11.5 Å². The standard InChI is InChI=1S/C9H18N4S/c1-4-5-6(2)8(11-10)9-7(3)12-13-14-9/h6,8,11H,4-5,10H2,1-3H3. The van der Waals surface area contributed by atoms with Gasteiger partial charge in [0, 0.05) is 0 Å². The van der Waals surface area contributed by atoms with Crippen LogP contribution in [-0.2, 0) is 0 Å². The Labute approximate surface area is 89.0 Å². The summed E-state index contributed by atoms with van der Waals surface area (Å²) in [6.07, 6.45) is 2.33. The second kappa shape index (κ2) is 5.38. The molecule has 0 aliphatic carbocycles. The summed E-state index contributed by atoms with van der Waals surface area (Å²) in [4.78, 5) is 1.16. The first-order valence-corrected chi connectivity index (χ1v) is 5.73. The molecule has 1 rings (SSSR count). The van der Waals surface area contributed by atoms with E-state index in [0.29, 0.717) is 5.92 Å². The van der Waals surface area contributed by atoms with E-state index < -0.39 is 0 Å². The molecule has 0 saturated carbocycles. The van der Waals surface area contributed by atoms with Gasteiger partial charge in [-0.05, 0) is 30.8 Å². The molecule has 0 radical (unpaired) electrons. The van der Waals surface area contributed by atoms with Gasteiger partial charge in [-0.1, -0.05) is 24.8 Å². The number of hydrogen-bond acceptors (Lipinski definition) is 5. The fourth-order valence-electron chi connectivity index (χ4n) is 1.64. The number of hydrazine groups is 1. The maximum absolute atomic E-state index is 5.57. The van der Waals surface area contributed by atoms with Gasteiger partial charge in [0.15, 0.2) is 0 Å². The zero-order chi connectivity index (χ0) is 10.6. The molecule has 2 atom stereocenters. The van der Waals surface area contributed by atoms with Gasteiger partial charge < -0.3 is 0 Å². The SMILES string of the molecule is CCCC(C)C(NN)c1snnc1C. The van der Waals surface area contributed by atoms with Crippen LogP contribution in [0.2, 0.25) is 0 Å². The summed E-state index contributed by atoms with van der Waals surface area (Å²) < 4.78 is 3.93. The van der Waals surface area contributed by atoms with Gasteiger partial charge in [0.2, 0.25) is 0 Å². The summed E-state index contributed by atoms with van der Waals surface area (Å²) in [5.41, 5.74) is 3.85. The molecule has 0 saturated heterocycles. The van der Waals surface area contributed by atoms with Crippen LogP contribution in [0.25, 0.3) is 0 Å². The van der Waals surface area contributed by atoms with Crippen molar-refractivity contribution in [2.45, 2.75) is 39.7 Å². The van der Waals surface area contributed by atoms with Crippen LogP contribution in [0.5, 0.6) is 0 Å². The predicted octanol–water partition coefficient (Wildman–Crippen LogP) is 1.79. The highest BCUT2D eigenvalue weighted by atomic mass is 32.1. The van der Waals surface area contributed by atoms with Crippen LogP contribution in [0.4, 0.5) is 0 Å². The van der Waals surface area contributed by atoms with Gasteiger partial charge in [-0.15, -0.1) is 5.10 Å². The molecule has 1 heterocycles. The Hall–Kier alpha value is -0.520. The Balaban J connectivity index is 2.76. The van der Waals surface area contributed by atoms with Gasteiger partial charge >= 0.3 is 0 Å². The molecule has 14 heavy (non-hydrogen) atoms. The Bertz CT molecular complexity index is 274. The van der Waals surface area contributed by atoms with Crippen molar-refractivity contribution in [2.24, 2.45) is 11.8 Å². The van der Waals surface area contributed by atoms with Crippen LogP contribution in [0, 0.1) is 12.8 Å². The number of nitrogens with two attached hydrogens (primary N) is 1. The molecule has 1 aromatic rings. The van der Waals surface area contributed by atoms with E-state index in [1.165, 1.54) is 18.0 Å². The molecule has 80 valence electrons. The number of nitrogens with zero attached hydrogens (tertiary/aromatic N) is 2. The first-order valence-electron chi connectivity index (χ1n) is 4.95. The Morgan fingerprint density at radius 1 is 1.57 bits per heavy atom. The average Bonchev–Trinajstić information content (AvgIpc) is 2.54. The first kappa shape index (κ1) is 11.6. The molecule has 4 nitrogen and oxygen atoms in total. The minimum atomic E-state index is 0.190. The Morgan fingerprint density at radius 3 is 2.71 bits per heavy atom. The van der Waals surface area contributed by atoms with Crippen molar-refractivity contribution in [1.29, 1.82) is 0 Å². The van der Waals surface area contributed by atoms with E-state index in [1.54, 1.807) is 0 Å². The molecule has 0 fully saturated rings. The normalized spacial score (nSPS) is 15.4. The molecular weight excluding hydrogens is 196 g/mol. The summed E-state index contributed by atoms with van der Waals surface area (Å²) >= 11 is 1.43. The molecule has 0 bridgehead atoms. The van der Waals surface area contributed by atoms with E-state index in [-0.39, 0.29) is 6.04 Å². The summed E-state index contributed by atoms with van der Waals surface area (Å²) in [6.45, 7) is 6.36. The molecule has 5 heteroatoms. The van der Waals surface area contributed by atoms with Crippen molar-refractivity contribution in [3.63, 3.8) is 0 Å². The zero-order valence-corrected chi connectivity index (χ0v) is 9.77. The van der Waals surface area contributed by atoms with E-state index in [9.17, 15) is 0 Å². The molecule has 3 N–H and O–H groups in total. The summed E-state index contributed by atoms with van der Waals surface area (Å²) in [6, 6.07) is 0.190. The summed E-state index contributed by atoms with van der Waals surface area (Å²) in [5, 5.41) is 4.00. The van der Waals surface area contributed by atoms with Crippen LogP contribution in [0.15, 0.2) is 0 Å². The van der Waals surface area contributed by atoms with Gasteiger partial charge in [-0.3, -0.25) is 11.3 Å². The number of hydrogen-bond donors (Lipinski definition) is 2. The van der Waals surface area contributed by atoms with Crippen LogP contribution in [0.1, 0.15) is 43.3 Å². The topological polar surface area (TPSA) is 63.8 Å². The van der Waals surface area contributed by atoms with E-state index in [2.05, 4.69) is 28.9 Å². The largest absolute Gasteiger partial charge is 0.271 e. The molecule has 0 aliphatic rings. The molecule has 2 unspecified atom stereocenters. The van der Waals surface area contributed by atoms with Crippen LogP contribution in [0.3, 0.4) is 0 Å². The van der Waals surface area contributed by atoms with E-state index in [4.69, 9.17) is 5.84 Å². The van der Waals surface area contributed by atoms with Crippen molar-refractivity contribution < 1.29 is 0 Å². The predicted molar refractivity (Wildman–Crippen MR) is 58.8 cm³/mol. The number of aryl methyl sites for hydroxylation is 1. The highest BCUT2D eigenvalue weighted by Crippen LogP contribution is 2.28. The van der Waals surface area contributed by atoms with Crippen molar-refractivity contribution in [3.8, 4) is 0 Å². The quantitative estimate of drug-likeness (QED) is 0.579. The van der Waals surface area contributed by atoms with Gasteiger partial charge in [-0.2, -0.15) is 0 Å². The highest BCUT2D eigenvalue weighted by molar-refractivity contribution is 7.05. The second-order valence-electron chi connectivity index (χ2n) is 3.63. The molecule has 0 spiro atoms. The average molecular weight is 214 g/mol. The Morgan fingerprint density at radius 2 is 2.29 bits per heavy atom. The lowest BCUT2D eigenvalue weighted by Crippen LogP contribution is -2.32. The lowest BCUT2D eigenvalue weighted by molar-refractivity contribution is 0.371. The lowest BCUT2D eigenvalue weighted by Gasteiger charge is -2.21. The molecule has 0 aliphatic heterocycles. The third kappa shape index (κ3) is 2.50. The fraction of sp³-hybridized carbons (Fsp3) is 0.778. The highest BCUT2D eigenvalue weighted by Gasteiger charge is 2.21. The first-order chi connectivity index (χ1) is 6.70. The zero-order valence-electron chi connectivity index (χ0n) is 8.95. The number of aromatic nitrogens is 2. The number of nitrogens with one attached hydrogen (secondary N) is 1. The van der Waals surface area contributed by atoms with Crippen molar-refractivity contribution >= 4 is 11.5 Å². The molecule has 0 aromatic carbocycles. The van der Waals surface area contributed by atoms with Gasteiger partial charge in [0.05, 0.1) is 16.6 Å². The van der Waals surface area contributed by atoms with Crippen molar-refractivity contribution in [2.75, 3.05) is 0 Å². The summed E-state index contributed by atoms with van der Waals surface area (Å²) in [7, 11) is 0. The van der Waals surface area contributed by atoms with Crippen molar-refractivity contribution in [3.05, 3.63) is 10.6 Å². The summed E-state index contributed by atoms with van der Waals surface area (Å²) in [5.74, 6) is 6.08. The van der Waals surface area contributed by atoms with Gasteiger partial charge in [0.1, 0.15) is 0 Å². The van der Waals surface area contributed by atoms with E-state index >= 15 is 0 Å². The van der Waals surface area contributed by atoms with Gasteiger partial charge in [0.25, 0.3) is 0 Å². The third-order valence-corrected chi connectivity index (χ3v) is 3.37. The fourth-order valence-corrected chi connectivity index (χ4v) is 2.48. The monoisotopic (exact) mass is 214 g/mol. The van der Waals surface area contributed by atoms with E-state index in [0.717, 1.165) is 17.0 Å². The maximum atomic E-state index is 5.57. The smallest absolute Gasteiger partial charge is 0.0773 e. The third-order valence-electron chi connectivity index (χ3n) is 2.46. The molecular formula is C9H18N4S. The minimum Gasteiger partial charge on any atom is -0.271 e. The maximum Gasteiger partial charge on any atom is 0.0773 e. The minimum absolute atomic E-state index is 0.190. The van der Waals surface area contributed by atoms with Crippen molar-refractivity contribution in [1.82, 2.24) is 15.0 Å². The van der Waals surface area contributed by atoms with Crippen LogP contribution in [-0.4, -0.2) is 9.59 Å². The molecule has 0 amide bonds. The number of rotatable bonds is 5. The van der Waals surface area contributed by atoms with E-state index in [1.807, 2.05) is 6.92 Å². The van der Waals surface area contributed by atoms with Crippen LogP contribution < -0.4 is 11.3 Å². The van der Waals surface area contributed by atoms with Gasteiger partial charge in [-0.25, -0.2) is 0 Å². The Kier molecular flexibility index (Phi) is 4.44. The molecule has 1 aromatic heterocycles.